The van der Waals surface area contributed by atoms with Crippen LogP contribution in [0.5, 0.6) is 0 Å². The first kappa shape index (κ1) is 17.7. The Morgan fingerprint density at radius 2 is 2.07 bits per heavy atom. The van der Waals surface area contributed by atoms with Crippen LogP contribution >= 0.6 is 11.3 Å². The van der Waals surface area contributed by atoms with Gasteiger partial charge in [-0.3, -0.25) is 14.3 Å². The fourth-order valence-electron chi connectivity index (χ4n) is 3.50. The fraction of sp³-hybridized carbons (Fsp3) is 0.368. The standard InChI is InChI=1S/C19H21N5O2S/c1-12-17-13(19(26)20-11-16(25)24-7-3-4-8-24)10-14(15-6-5-9-27-15)21-18(17)23(2)22-12/h5-6,9-10H,3-4,7-8,11H2,1-2H3,(H,20,26). The number of hydrogen-bond acceptors (Lipinski definition) is 5. The average Bonchev–Trinajstić information content (AvgIpc) is 3.41. The lowest BCUT2D eigenvalue weighted by atomic mass is 10.1. The molecule has 1 N–H and O–H groups in total. The molecule has 1 saturated heterocycles. The molecular weight excluding hydrogens is 362 g/mol. The van der Waals surface area contributed by atoms with Crippen LogP contribution in [0.25, 0.3) is 21.6 Å². The molecule has 27 heavy (non-hydrogen) atoms. The average molecular weight is 383 g/mol. The van der Waals surface area contributed by atoms with E-state index in [1.54, 1.807) is 27.0 Å². The predicted molar refractivity (Wildman–Crippen MR) is 105 cm³/mol. The zero-order chi connectivity index (χ0) is 19.0. The number of nitrogens with one attached hydrogen (secondary N) is 1. The Kier molecular flexibility index (Phi) is 4.65. The van der Waals surface area contributed by atoms with E-state index in [1.807, 2.05) is 31.5 Å². The zero-order valence-electron chi connectivity index (χ0n) is 15.4. The second kappa shape index (κ2) is 7.11. The summed E-state index contributed by atoms with van der Waals surface area (Å²) in [7, 11) is 1.82. The molecule has 3 aromatic heterocycles. The molecule has 0 aromatic carbocycles. The molecule has 2 amide bonds. The molecule has 4 rings (SSSR count). The first-order chi connectivity index (χ1) is 13.0. The van der Waals surface area contributed by atoms with E-state index in [4.69, 9.17) is 4.98 Å². The lowest BCUT2D eigenvalue weighted by molar-refractivity contribution is -0.129. The maximum absolute atomic E-state index is 12.9. The first-order valence-corrected chi connectivity index (χ1v) is 9.87. The van der Waals surface area contributed by atoms with E-state index >= 15 is 0 Å². The van der Waals surface area contributed by atoms with Gasteiger partial charge in [0.25, 0.3) is 5.91 Å². The third kappa shape index (κ3) is 3.32. The second-order valence-corrected chi connectivity index (χ2v) is 7.66. The largest absolute Gasteiger partial charge is 0.343 e. The minimum atomic E-state index is -0.274. The maximum Gasteiger partial charge on any atom is 0.252 e. The number of carbonyl (C=O) groups is 2. The summed E-state index contributed by atoms with van der Waals surface area (Å²) in [4.78, 5) is 32.7. The summed E-state index contributed by atoms with van der Waals surface area (Å²) in [6.45, 7) is 3.42. The molecule has 8 heteroatoms. The molecule has 0 bridgehead atoms. The normalized spacial score (nSPS) is 14.1. The van der Waals surface area contributed by atoms with Crippen LogP contribution in [-0.4, -0.2) is 51.1 Å². The smallest absolute Gasteiger partial charge is 0.252 e. The van der Waals surface area contributed by atoms with Crippen molar-refractivity contribution in [3.63, 3.8) is 0 Å². The Morgan fingerprint density at radius 3 is 2.78 bits per heavy atom. The highest BCUT2D eigenvalue weighted by Gasteiger charge is 2.22. The van der Waals surface area contributed by atoms with Gasteiger partial charge in [-0.1, -0.05) is 6.07 Å². The Labute approximate surface area is 161 Å². The van der Waals surface area contributed by atoms with Crippen LogP contribution in [0.3, 0.4) is 0 Å². The van der Waals surface area contributed by atoms with Gasteiger partial charge in [-0.25, -0.2) is 4.98 Å². The van der Waals surface area contributed by atoms with Crippen molar-refractivity contribution in [1.29, 1.82) is 0 Å². The number of aryl methyl sites for hydroxylation is 2. The van der Waals surface area contributed by atoms with Crippen molar-refractivity contribution in [3.05, 3.63) is 34.8 Å². The summed E-state index contributed by atoms with van der Waals surface area (Å²) in [5.74, 6) is -0.309. The predicted octanol–water partition coefficient (Wildman–Crippen LogP) is 2.36. The molecule has 1 fully saturated rings. The van der Waals surface area contributed by atoms with Crippen LogP contribution in [0, 0.1) is 6.92 Å². The highest BCUT2D eigenvalue weighted by molar-refractivity contribution is 7.13. The molecule has 7 nitrogen and oxygen atoms in total. The van der Waals surface area contributed by atoms with Gasteiger partial charge < -0.3 is 10.2 Å². The van der Waals surface area contributed by atoms with Crippen LogP contribution < -0.4 is 5.32 Å². The van der Waals surface area contributed by atoms with E-state index in [0.29, 0.717) is 11.2 Å². The first-order valence-electron chi connectivity index (χ1n) is 8.99. The van der Waals surface area contributed by atoms with Gasteiger partial charge in [0.15, 0.2) is 5.65 Å². The van der Waals surface area contributed by atoms with Gasteiger partial charge in [-0.05, 0) is 37.3 Å². The van der Waals surface area contributed by atoms with Gasteiger partial charge in [0.1, 0.15) is 0 Å². The third-order valence-corrected chi connectivity index (χ3v) is 5.74. The molecule has 4 heterocycles. The summed E-state index contributed by atoms with van der Waals surface area (Å²) < 4.78 is 1.69. The van der Waals surface area contributed by atoms with Gasteiger partial charge in [0.2, 0.25) is 5.91 Å². The molecule has 0 aliphatic carbocycles. The van der Waals surface area contributed by atoms with E-state index in [1.165, 1.54) is 0 Å². The number of rotatable bonds is 4. The summed E-state index contributed by atoms with van der Waals surface area (Å²) in [5, 5.41) is 9.90. The SMILES string of the molecule is Cc1nn(C)c2nc(-c3cccs3)cc(C(=O)NCC(=O)N3CCCC3)c12. The summed E-state index contributed by atoms with van der Waals surface area (Å²) in [5.41, 5.74) is 2.64. The molecule has 140 valence electrons. The van der Waals surface area contributed by atoms with E-state index < -0.39 is 0 Å². The van der Waals surface area contributed by atoms with Gasteiger partial charge in [-0.2, -0.15) is 5.10 Å². The molecule has 3 aromatic rings. The number of likely N-dealkylation sites (tertiary alicyclic amines) is 1. The van der Waals surface area contributed by atoms with Crippen LogP contribution in [0.1, 0.15) is 28.9 Å². The summed E-state index contributed by atoms with van der Waals surface area (Å²) in [6.07, 6.45) is 2.06. The number of aromatic nitrogens is 3. The van der Waals surface area contributed by atoms with Crippen LogP contribution in [0.2, 0.25) is 0 Å². The van der Waals surface area contributed by atoms with Crippen molar-refractivity contribution in [3.8, 4) is 10.6 Å². The number of carbonyl (C=O) groups excluding carboxylic acids is 2. The molecule has 0 spiro atoms. The van der Waals surface area contributed by atoms with Crippen LogP contribution in [0.4, 0.5) is 0 Å². The molecule has 1 aliphatic rings. The highest BCUT2D eigenvalue weighted by atomic mass is 32.1. The number of amides is 2. The van der Waals surface area contributed by atoms with Gasteiger partial charge in [0, 0.05) is 20.1 Å². The monoisotopic (exact) mass is 383 g/mol. The minimum absolute atomic E-state index is 0.0102. The third-order valence-electron chi connectivity index (χ3n) is 4.85. The van der Waals surface area contributed by atoms with Gasteiger partial charge in [-0.15, -0.1) is 11.3 Å². The molecule has 0 unspecified atom stereocenters. The van der Waals surface area contributed by atoms with Crippen molar-refractivity contribution in [1.82, 2.24) is 25.0 Å². The number of nitrogens with zero attached hydrogens (tertiary/aromatic N) is 4. The summed E-state index contributed by atoms with van der Waals surface area (Å²) >= 11 is 1.57. The Morgan fingerprint density at radius 1 is 1.30 bits per heavy atom. The van der Waals surface area contributed by atoms with E-state index in [0.717, 1.165) is 47.6 Å². The molecule has 1 aliphatic heterocycles. The van der Waals surface area contributed by atoms with Crippen molar-refractivity contribution in [2.24, 2.45) is 7.05 Å². The van der Waals surface area contributed by atoms with E-state index in [2.05, 4.69) is 10.4 Å². The second-order valence-electron chi connectivity index (χ2n) is 6.71. The fourth-order valence-corrected chi connectivity index (χ4v) is 4.19. The maximum atomic E-state index is 12.9. The number of thiophene rings is 1. The summed E-state index contributed by atoms with van der Waals surface area (Å²) in [6, 6.07) is 5.72. The number of fused-ring (bicyclic) bond motifs is 1. The van der Waals surface area contributed by atoms with E-state index in [-0.39, 0.29) is 18.4 Å². The number of pyridine rings is 1. The lowest BCUT2D eigenvalue weighted by Crippen LogP contribution is -2.38. The van der Waals surface area contributed by atoms with E-state index in [9.17, 15) is 9.59 Å². The van der Waals surface area contributed by atoms with Crippen molar-refractivity contribution >= 4 is 34.2 Å². The molecule has 0 atom stereocenters. The van der Waals surface area contributed by atoms with Gasteiger partial charge in [0.05, 0.1) is 33.8 Å². The van der Waals surface area contributed by atoms with Crippen molar-refractivity contribution < 1.29 is 9.59 Å². The van der Waals surface area contributed by atoms with Crippen LogP contribution in [0.15, 0.2) is 23.6 Å². The molecule has 0 radical (unpaired) electrons. The van der Waals surface area contributed by atoms with Gasteiger partial charge >= 0.3 is 0 Å². The Balaban J connectivity index is 1.66. The lowest BCUT2D eigenvalue weighted by Gasteiger charge is -2.15. The van der Waals surface area contributed by atoms with Crippen LogP contribution in [-0.2, 0) is 11.8 Å². The molecule has 0 saturated carbocycles. The topological polar surface area (TPSA) is 80.1 Å². The Hall–Kier alpha value is -2.74. The highest BCUT2D eigenvalue weighted by Crippen LogP contribution is 2.29. The zero-order valence-corrected chi connectivity index (χ0v) is 16.2. The minimum Gasteiger partial charge on any atom is -0.343 e. The Bertz CT molecular complexity index is 1000. The quantitative estimate of drug-likeness (QED) is 0.750. The number of hydrogen-bond donors (Lipinski definition) is 1. The van der Waals surface area contributed by atoms with Crippen molar-refractivity contribution in [2.45, 2.75) is 19.8 Å². The van der Waals surface area contributed by atoms with Crippen molar-refractivity contribution in [2.75, 3.05) is 19.6 Å². The molecular formula is C19H21N5O2S.